The van der Waals surface area contributed by atoms with Crippen molar-refractivity contribution >= 4 is 39.1 Å². The van der Waals surface area contributed by atoms with Gasteiger partial charge in [0.25, 0.3) is 11.7 Å². The highest BCUT2D eigenvalue weighted by molar-refractivity contribution is 9.10. The highest BCUT2D eigenvalue weighted by atomic mass is 79.9. The van der Waals surface area contributed by atoms with Gasteiger partial charge in [0, 0.05) is 4.47 Å². The molecule has 1 aliphatic rings. The van der Waals surface area contributed by atoms with Gasteiger partial charge in [-0.25, -0.2) is 4.39 Å². The molecular formula is C14H7BrFNO4. The maximum absolute atomic E-state index is 13.3. The standard InChI is InChI=1S/C14H7BrFNO4/c15-9-5-7(16)4-8-12(9)17(14(20)13(8)19)6-10(18)11-2-1-3-21-11/h1-5H,6H2. The molecule has 1 aromatic heterocycles. The molecule has 1 aromatic carbocycles. The number of anilines is 1. The van der Waals surface area contributed by atoms with Crippen LogP contribution in [0.15, 0.2) is 39.4 Å². The topological polar surface area (TPSA) is 67.6 Å². The van der Waals surface area contributed by atoms with E-state index in [1.165, 1.54) is 12.3 Å². The molecule has 0 N–H and O–H groups in total. The summed E-state index contributed by atoms with van der Waals surface area (Å²) in [5.74, 6) is -2.71. The fraction of sp³-hybridized carbons (Fsp3) is 0.0714. The highest BCUT2D eigenvalue weighted by Crippen LogP contribution is 2.36. The normalized spacial score (nSPS) is 13.7. The van der Waals surface area contributed by atoms with Gasteiger partial charge in [0.2, 0.25) is 5.78 Å². The minimum atomic E-state index is -0.865. The van der Waals surface area contributed by atoms with Crippen molar-refractivity contribution in [3.63, 3.8) is 0 Å². The summed E-state index contributed by atoms with van der Waals surface area (Å²) in [5.41, 5.74) is 0.144. The Morgan fingerprint density at radius 2 is 2.10 bits per heavy atom. The van der Waals surface area contributed by atoms with E-state index in [4.69, 9.17) is 4.42 Å². The molecule has 0 unspecified atom stereocenters. The van der Waals surface area contributed by atoms with Crippen LogP contribution in [0, 0.1) is 5.82 Å². The van der Waals surface area contributed by atoms with Crippen LogP contribution in [0.4, 0.5) is 10.1 Å². The lowest BCUT2D eigenvalue weighted by Crippen LogP contribution is -2.34. The van der Waals surface area contributed by atoms with Gasteiger partial charge in [0.05, 0.1) is 24.1 Å². The van der Waals surface area contributed by atoms with E-state index >= 15 is 0 Å². The minimum absolute atomic E-state index is 0.0564. The van der Waals surface area contributed by atoms with E-state index in [-0.39, 0.29) is 28.0 Å². The van der Waals surface area contributed by atoms with Gasteiger partial charge in [0.15, 0.2) is 5.76 Å². The number of carbonyl (C=O) groups excluding carboxylic acids is 3. The van der Waals surface area contributed by atoms with Crippen molar-refractivity contribution in [2.45, 2.75) is 0 Å². The molecule has 5 nitrogen and oxygen atoms in total. The molecule has 1 amide bonds. The Kier molecular flexibility index (Phi) is 3.21. The van der Waals surface area contributed by atoms with E-state index in [0.717, 1.165) is 17.0 Å². The molecule has 0 fully saturated rings. The van der Waals surface area contributed by atoms with Crippen molar-refractivity contribution in [1.82, 2.24) is 0 Å². The Hall–Kier alpha value is -2.28. The Morgan fingerprint density at radius 1 is 1.33 bits per heavy atom. The van der Waals surface area contributed by atoms with E-state index in [1.807, 2.05) is 0 Å². The van der Waals surface area contributed by atoms with Gasteiger partial charge in [-0.3, -0.25) is 19.3 Å². The molecule has 0 atom stereocenters. The van der Waals surface area contributed by atoms with Crippen LogP contribution in [0.25, 0.3) is 0 Å². The van der Waals surface area contributed by atoms with Crippen LogP contribution in [0.1, 0.15) is 20.9 Å². The number of fused-ring (bicyclic) bond motifs is 1. The Bertz CT molecular complexity index is 770. The minimum Gasteiger partial charge on any atom is -0.461 e. The van der Waals surface area contributed by atoms with Crippen molar-refractivity contribution in [1.29, 1.82) is 0 Å². The summed E-state index contributed by atoms with van der Waals surface area (Å²) in [4.78, 5) is 36.9. The van der Waals surface area contributed by atoms with Gasteiger partial charge >= 0.3 is 0 Å². The van der Waals surface area contributed by atoms with Gasteiger partial charge in [0.1, 0.15) is 5.82 Å². The lowest BCUT2D eigenvalue weighted by molar-refractivity contribution is -0.114. The second-order valence-electron chi connectivity index (χ2n) is 4.40. The van der Waals surface area contributed by atoms with E-state index in [1.54, 1.807) is 6.07 Å². The monoisotopic (exact) mass is 351 g/mol. The van der Waals surface area contributed by atoms with Gasteiger partial charge in [-0.05, 0) is 40.2 Å². The van der Waals surface area contributed by atoms with Crippen LogP contribution < -0.4 is 4.90 Å². The van der Waals surface area contributed by atoms with Crippen molar-refractivity contribution < 1.29 is 23.2 Å². The summed E-state index contributed by atoms with van der Waals surface area (Å²) in [7, 11) is 0. The number of hydrogen-bond acceptors (Lipinski definition) is 4. The first-order valence-corrected chi connectivity index (χ1v) is 6.70. The van der Waals surface area contributed by atoms with Crippen LogP contribution in [-0.4, -0.2) is 24.0 Å². The first-order valence-electron chi connectivity index (χ1n) is 5.91. The number of ketones is 2. The summed E-state index contributed by atoms with van der Waals surface area (Å²) >= 11 is 3.11. The van der Waals surface area contributed by atoms with E-state index < -0.39 is 23.3 Å². The van der Waals surface area contributed by atoms with Crippen molar-refractivity contribution in [2.24, 2.45) is 0 Å². The molecule has 7 heteroatoms. The molecule has 0 saturated heterocycles. The Morgan fingerprint density at radius 3 is 2.76 bits per heavy atom. The molecule has 3 rings (SSSR count). The Balaban J connectivity index is 2.00. The maximum Gasteiger partial charge on any atom is 0.299 e. The quantitative estimate of drug-likeness (QED) is 0.629. The smallest absolute Gasteiger partial charge is 0.299 e. The average Bonchev–Trinajstić information content (AvgIpc) is 3.03. The lowest BCUT2D eigenvalue weighted by Gasteiger charge is -2.16. The zero-order valence-electron chi connectivity index (χ0n) is 10.4. The summed E-state index contributed by atoms with van der Waals surface area (Å²) in [6.07, 6.45) is 1.34. The molecule has 106 valence electrons. The summed E-state index contributed by atoms with van der Waals surface area (Å²) < 4.78 is 18.5. The predicted octanol–water partition coefficient (Wildman–Crippen LogP) is 2.59. The van der Waals surface area contributed by atoms with Gasteiger partial charge < -0.3 is 4.42 Å². The fourth-order valence-electron chi connectivity index (χ4n) is 2.16. The summed E-state index contributed by atoms with van der Waals surface area (Å²) in [5, 5.41) is 0. The molecule has 21 heavy (non-hydrogen) atoms. The second kappa shape index (κ2) is 4.92. The van der Waals surface area contributed by atoms with Crippen LogP contribution >= 0.6 is 15.9 Å². The first kappa shape index (κ1) is 13.7. The maximum atomic E-state index is 13.3. The third-order valence-electron chi connectivity index (χ3n) is 3.08. The molecule has 0 spiro atoms. The Labute approximate surface area is 126 Å². The van der Waals surface area contributed by atoms with E-state index in [0.29, 0.717) is 0 Å². The number of carbonyl (C=O) groups is 3. The third-order valence-corrected chi connectivity index (χ3v) is 3.68. The third kappa shape index (κ3) is 2.19. The number of amides is 1. The van der Waals surface area contributed by atoms with Gasteiger partial charge in [-0.2, -0.15) is 0 Å². The molecule has 0 bridgehead atoms. The zero-order valence-corrected chi connectivity index (χ0v) is 12.0. The van der Waals surface area contributed by atoms with Gasteiger partial charge in [-0.1, -0.05) is 0 Å². The van der Waals surface area contributed by atoms with E-state index in [2.05, 4.69) is 15.9 Å². The lowest BCUT2D eigenvalue weighted by atomic mass is 10.1. The zero-order chi connectivity index (χ0) is 15.1. The number of Topliss-reactive ketones (excluding diaryl/α,β-unsaturated/α-hetero) is 2. The molecular weight excluding hydrogens is 345 g/mol. The van der Waals surface area contributed by atoms with Crippen molar-refractivity contribution in [3.8, 4) is 0 Å². The fourth-order valence-corrected chi connectivity index (χ4v) is 2.81. The van der Waals surface area contributed by atoms with Crippen LogP contribution in [0.2, 0.25) is 0 Å². The first-order chi connectivity index (χ1) is 9.99. The van der Waals surface area contributed by atoms with E-state index in [9.17, 15) is 18.8 Å². The van der Waals surface area contributed by atoms with Crippen LogP contribution in [0.3, 0.4) is 0 Å². The number of furan rings is 1. The number of halogens is 2. The van der Waals surface area contributed by atoms with Gasteiger partial charge in [-0.15, -0.1) is 0 Å². The molecule has 0 aliphatic carbocycles. The van der Waals surface area contributed by atoms with Crippen LogP contribution in [0.5, 0.6) is 0 Å². The number of rotatable bonds is 3. The predicted molar refractivity (Wildman–Crippen MR) is 73.8 cm³/mol. The molecule has 2 aromatic rings. The van der Waals surface area contributed by atoms with Crippen LogP contribution in [-0.2, 0) is 4.79 Å². The number of hydrogen-bond donors (Lipinski definition) is 0. The number of benzene rings is 1. The highest BCUT2D eigenvalue weighted by Gasteiger charge is 2.39. The SMILES string of the molecule is O=C(CN1C(=O)C(=O)c2cc(F)cc(Br)c21)c1ccco1. The largest absolute Gasteiger partial charge is 0.461 e. The molecule has 1 aliphatic heterocycles. The number of nitrogens with zero attached hydrogens (tertiary/aromatic N) is 1. The second-order valence-corrected chi connectivity index (χ2v) is 5.26. The molecule has 0 radical (unpaired) electrons. The summed E-state index contributed by atoms with van der Waals surface area (Å²) in [6, 6.07) is 5.13. The van der Waals surface area contributed by atoms with Crippen molar-refractivity contribution in [2.75, 3.05) is 11.4 Å². The molecule has 0 saturated carbocycles. The van der Waals surface area contributed by atoms with Crippen molar-refractivity contribution in [3.05, 3.63) is 52.1 Å². The average molecular weight is 352 g/mol. The molecule has 2 heterocycles. The summed E-state index contributed by atoms with van der Waals surface area (Å²) in [6.45, 7) is -0.352.